The monoisotopic (exact) mass is 246 g/mol. The zero-order valence-electron chi connectivity index (χ0n) is 11.4. The highest BCUT2D eigenvalue weighted by Gasteiger charge is 2.38. The topological polar surface area (TPSA) is 37.3 Å². The number of aliphatic carboxylic acids is 1. The molecule has 0 aromatic heterocycles. The van der Waals surface area contributed by atoms with Crippen molar-refractivity contribution in [2.45, 2.75) is 51.4 Å². The van der Waals surface area contributed by atoms with E-state index in [0.29, 0.717) is 18.8 Å². The van der Waals surface area contributed by atoms with E-state index in [-0.39, 0.29) is 0 Å². The van der Waals surface area contributed by atoms with E-state index in [9.17, 15) is 9.90 Å². The fourth-order valence-electron chi connectivity index (χ4n) is 2.92. The molecule has 0 saturated heterocycles. The third kappa shape index (κ3) is 2.05. The second-order valence-electron chi connectivity index (χ2n) is 5.54. The van der Waals surface area contributed by atoms with Crippen LogP contribution in [-0.2, 0) is 10.2 Å². The van der Waals surface area contributed by atoms with Crippen molar-refractivity contribution in [2.75, 3.05) is 0 Å². The maximum Gasteiger partial charge on any atom is 0.314 e. The molecule has 0 bridgehead atoms. The Morgan fingerprint density at radius 2 is 1.78 bits per heavy atom. The second kappa shape index (κ2) is 4.75. The van der Waals surface area contributed by atoms with E-state index in [0.717, 1.165) is 11.5 Å². The Balaban J connectivity index is 2.29. The van der Waals surface area contributed by atoms with Gasteiger partial charge in [0.2, 0.25) is 0 Å². The number of carbonyl (C=O) groups is 1. The molecule has 98 valence electrons. The van der Waals surface area contributed by atoms with Crippen molar-refractivity contribution in [3.63, 3.8) is 0 Å². The Labute approximate surface area is 109 Å². The van der Waals surface area contributed by atoms with Crippen LogP contribution in [-0.4, -0.2) is 11.1 Å². The van der Waals surface area contributed by atoms with Crippen LogP contribution in [0.1, 0.15) is 57.1 Å². The van der Waals surface area contributed by atoms with Gasteiger partial charge in [-0.05, 0) is 42.2 Å². The first-order chi connectivity index (χ1) is 8.55. The molecule has 1 N–H and O–H groups in total. The van der Waals surface area contributed by atoms with Crippen molar-refractivity contribution >= 4 is 5.97 Å². The summed E-state index contributed by atoms with van der Waals surface area (Å²) >= 11 is 0. The maximum atomic E-state index is 11.6. The lowest BCUT2D eigenvalue weighted by Gasteiger charge is -2.27. The van der Waals surface area contributed by atoms with Gasteiger partial charge in [0.15, 0.2) is 0 Å². The van der Waals surface area contributed by atoms with Crippen LogP contribution in [0.15, 0.2) is 24.3 Å². The molecule has 1 fully saturated rings. The van der Waals surface area contributed by atoms with Gasteiger partial charge in [-0.1, -0.05) is 45.0 Å². The summed E-state index contributed by atoms with van der Waals surface area (Å²) in [4.78, 5) is 11.6. The molecule has 2 heteroatoms. The van der Waals surface area contributed by atoms with Gasteiger partial charge in [-0.2, -0.15) is 0 Å². The minimum atomic E-state index is -0.715. The van der Waals surface area contributed by atoms with Crippen LogP contribution in [0.5, 0.6) is 0 Å². The summed E-state index contributed by atoms with van der Waals surface area (Å²) < 4.78 is 0. The first-order valence-electron chi connectivity index (χ1n) is 6.89. The van der Waals surface area contributed by atoms with Crippen LogP contribution in [0, 0.1) is 5.92 Å². The molecule has 2 rings (SSSR count). The van der Waals surface area contributed by atoms with Gasteiger partial charge in [0, 0.05) is 0 Å². The minimum Gasteiger partial charge on any atom is -0.481 e. The lowest BCUT2D eigenvalue weighted by molar-refractivity contribution is -0.144. The first kappa shape index (κ1) is 13.1. The molecule has 1 aliphatic carbocycles. The first-order valence-corrected chi connectivity index (χ1v) is 6.89. The Morgan fingerprint density at radius 3 is 2.11 bits per heavy atom. The highest BCUT2D eigenvalue weighted by atomic mass is 16.4. The van der Waals surface area contributed by atoms with Gasteiger partial charge in [0.05, 0.1) is 5.41 Å². The van der Waals surface area contributed by atoms with Crippen LogP contribution < -0.4 is 0 Å². The molecule has 0 spiro atoms. The molecule has 2 nitrogen and oxygen atoms in total. The van der Waals surface area contributed by atoms with E-state index in [1.54, 1.807) is 0 Å². The van der Waals surface area contributed by atoms with E-state index >= 15 is 0 Å². The van der Waals surface area contributed by atoms with Crippen molar-refractivity contribution in [3.05, 3.63) is 35.4 Å². The normalized spacial score (nSPS) is 22.8. The van der Waals surface area contributed by atoms with Crippen molar-refractivity contribution in [2.24, 2.45) is 5.92 Å². The fraction of sp³-hybridized carbons (Fsp3) is 0.562. The summed E-state index contributed by atoms with van der Waals surface area (Å²) in [6, 6.07) is 8.27. The molecular weight excluding hydrogens is 224 g/mol. The Hall–Kier alpha value is -1.31. The average Bonchev–Trinajstić information content (AvgIpc) is 3.09. The molecule has 0 amide bonds. The third-order valence-electron chi connectivity index (χ3n) is 4.62. The van der Waals surface area contributed by atoms with Crippen molar-refractivity contribution in [1.29, 1.82) is 0 Å². The smallest absolute Gasteiger partial charge is 0.314 e. The number of benzene rings is 1. The summed E-state index contributed by atoms with van der Waals surface area (Å²) in [7, 11) is 0. The van der Waals surface area contributed by atoms with Gasteiger partial charge in [0.25, 0.3) is 0 Å². The molecule has 0 aliphatic heterocycles. The van der Waals surface area contributed by atoms with E-state index in [1.807, 2.05) is 26.0 Å². The average molecular weight is 246 g/mol. The molecule has 1 saturated carbocycles. The van der Waals surface area contributed by atoms with E-state index in [1.165, 1.54) is 12.0 Å². The number of rotatable bonds is 5. The molecule has 1 unspecified atom stereocenters. The van der Waals surface area contributed by atoms with E-state index in [2.05, 4.69) is 19.1 Å². The lowest BCUT2D eigenvalue weighted by atomic mass is 9.75. The van der Waals surface area contributed by atoms with Crippen LogP contribution in [0.2, 0.25) is 0 Å². The van der Waals surface area contributed by atoms with Crippen LogP contribution in [0.4, 0.5) is 0 Å². The summed E-state index contributed by atoms with van der Waals surface area (Å²) in [5.74, 6) is 0.777. The Kier molecular flexibility index (Phi) is 3.47. The molecule has 2 atom stereocenters. The van der Waals surface area contributed by atoms with Crippen LogP contribution in [0.3, 0.4) is 0 Å². The standard InChI is InChI=1S/C16H22O2/c1-4-16(5-2,15(17)18)13-8-6-12(7-9-13)14-10-11(14)3/h6-9,11,14H,4-5,10H2,1-3H3,(H,17,18)/t11-,14?/m1/s1. The van der Waals surface area contributed by atoms with Gasteiger partial charge in [-0.25, -0.2) is 0 Å². The number of carboxylic acid groups (broad SMARTS) is 1. The molecule has 18 heavy (non-hydrogen) atoms. The number of hydrogen-bond acceptors (Lipinski definition) is 1. The predicted octanol–water partition coefficient (Wildman–Crippen LogP) is 3.95. The lowest BCUT2D eigenvalue weighted by Crippen LogP contribution is -2.34. The molecule has 1 aromatic rings. The summed E-state index contributed by atoms with van der Waals surface area (Å²) in [6.45, 7) is 6.17. The summed E-state index contributed by atoms with van der Waals surface area (Å²) in [5.41, 5.74) is 1.59. The van der Waals surface area contributed by atoms with Crippen LogP contribution >= 0.6 is 0 Å². The highest BCUT2D eigenvalue weighted by Crippen LogP contribution is 2.47. The van der Waals surface area contributed by atoms with E-state index in [4.69, 9.17) is 0 Å². The van der Waals surface area contributed by atoms with Gasteiger partial charge in [0.1, 0.15) is 0 Å². The van der Waals surface area contributed by atoms with Gasteiger partial charge >= 0.3 is 5.97 Å². The van der Waals surface area contributed by atoms with Gasteiger partial charge in [-0.3, -0.25) is 4.79 Å². The SMILES string of the molecule is CCC(CC)(C(=O)O)c1ccc(C2C[C@H]2C)cc1. The zero-order valence-corrected chi connectivity index (χ0v) is 11.4. The Bertz CT molecular complexity index is 429. The zero-order chi connectivity index (χ0) is 13.3. The number of carboxylic acids is 1. The molecular formula is C16H22O2. The van der Waals surface area contributed by atoms with Gasteiger partial charge < -0.3 is 5.11 Å². The van der Waals surface area contributed by atoms with Crippen LogP contribution in [0.25, 0.3) is 0 Å². The van der Waals surface area contributed by atoms with E-state index < -0.39 is 11.4 Å². The molecule has 0 heterocycles. The third-order valence-corrected chi connectivity index (χ3v) is 4.62. The van der Waals surface area contributed by atoms with Gasteiger partial charge in [-0.15, -0.1) is 0 Å². The summed E-state index contributed by atoms with van der Waals surface area (Å²) in [5, 5.41) is 9.51. The predicted molar refractivity (Wildman–Crippen MR) is 72.9 cm³/mol. The maximum absolute atomic E-state index is 11.6. The van der Waals surface area contributed by atoms with Crippen molar-refractivity contribution < 1.29 is 9.90 Å². The summed E-state index contributed by atoms with van der Waals surface area (Å²) in [6.07, 6.45) is 2.54. The number of hydrogen-bond donors (Lipinski definition) is 1. The molecule has 0 radical (unpaired) electrons. The van der Waals surface area contributed by atoms with Crippen molar-refractivity contribution in [1.82, 2.24) is 0 Å². The largest absolute Gasteiger partial charge is 0.481 e. The molecule has 1 aliphatic rings. The molecule has 1 aromatic carbocycles. The fourth-order valence-corrected chi connectivity index (χ4v) is 2.92. The van der Waals surface area contributed by atoms with Crippen molar-refractivity contribution in [3.8, 4) is 0 Å². The minimum absolute atomic E-state index is 0.637. The Morgan fingerprint density at radius 1 is 1.28 bits per heavy atom. The second-order valence-corrected chi connectivity index (χ2v) is 5.54. The highest BCUT2D eigenvalue weighted by molar-refractivity contribution is 5.81. The quantitative estimate of drug-likeness (QED) is 0.854.